The number of aromatic nitrogens is 4. The number of piperidine rings is 1. The molecule has 0 N–H and O–H groups in total. The second-order valence-electron chi connectivity index (χ2n) is 8.15. The number of amides is 1. The van der Waals surface area contributed by atoms with Crippen molar-refractivity contribution in [3.8, 4) is 5.75 Å². The second kappa shape index (κ2) is 9.35. The van der Waals surface area contributed by atoms with Crippen LogP contribution in [0.15, 0.2) is 24.3 Å². The summed E-state index contributed by atoms with van der Waals surface area (Å²) in [4.78, 5) is 17.0. The van der Waals surface area contributed by atoms with E-state index in [0.29, 0.717) is 32.7 Å². The standard InChI is InChI=1S/C21H30N6O2/c1-17-8-11-25(12-9-17)16-20-22-23-24-27(20)10-4-7-21(28)26-13-14-29-19-6-3-2-5-18(19)15-26/h2-3,5-6,17H,4,7-16H2,1H3. The number of benzene rings is 1. The second-order valence-corrected chi connectivity index (χ2v) is 8.15. The lowest BCUT2D eigenvalue weighted by molar-refractivity contribution is -0.132. The molecule has 1 aromatic carbocycles. The highest BCUT2D eigenvalue weighted by molar-refractivity contribution is 5.76. The van der Waals surface area contributed by atoms with Crippen LogP contribution in [-0.2, 0) is 24.4 Å². The van der Waals surface area contributed by atoms with E-state index in [0.717, 1.165) is 49.1 Å². The predicted molar refractivity (Wildman–Crippen MR) is 108 cm³/mol. The Labute approximate surface area is 171 Å². The first-order valence-corrected chi connectivity index (χ1v) is 10.6. The first-order chi connectivity index (χ1) is 14.2. The molecule has 8 nitrogen and oxygen atoms in total. The van der Waals surface area contributed by atoms with Gasteiger partial charge in [0.1, 0.15) is 12.4 Å². The number of carbonyl (C=O) groups is 1. The highest BCUT2D eigenvalue weighted by Gasteiger charge is 2.20. The van der Waals surface area contributed by atoms with Crippen LogP contribution in [-0.4, -0.2) is 62.2 Å². The van der Waals surface area contributed by atoms with Gasteiger partial charge in [0.05, 0.1) is 13.1 Å². The molecule has 1 fully saturated rings. The van der Waals surface area contributed by atoms with Gasteiger partial charge in [-0.1, -0.05) is 25.1 Å². The van der Waals surface area contributed by atoms with Crippen molar-refractivity contribution in [1.29, 1.82) is 0 Å². The van der Waals surface area contributed by atoms with Crippen LogP contribution in [0.1, 0.15) is 44.0 Å². The predicted octanol–water partition coefficient (Wildman–Crippen LogP) is 2.11. The van der Waals surface area contributed by atoms with Gasteiger partial charge in [-0.15, -0.1) is 5.10 Å². The number of rotatable bonds is 6. The lowest BCUT2D eigenvalue weighted by Crippen LogP contribution is -2.33. The molecule has 0 bridgehead atoms. The molecule has 0 atom stereocenters. The summed E-state index contributed by atoms with van der Waals surface area (Å²) in [5, 5.41) is 12.2. The lowest BCUT2D eigenvalue weighted by atomic mass is 9.99. The van der Waals surface area contributed by atoms with E-state index >= 15 is 0 Å². The Balaban J connectivity index is 1.26. The molecule has 1 aromatic heterocycles. The van der Waals surface area contributed by atoms with E-state index in [1.807, 2.05) is 33.8 Å². The molecular weight excluding hydrogens is 368 g/mol. The average molecular weight is 399 g/mol. The van der Waals surface area contributed by atoms with Crippen LogP contribution in [0, 0.1) is 5.92 Å². The Morgan fingerprint density at radius 1 is 1.21 bits per heavy atom. The maximum absolute atomic E-state index is 12.7. The fourth-order valence-electron chi connectivity index (χ4n) is 4.01. The Kier molecular flexibility index (Phi) is 6.39. The van der Waals surface area contributed by atoms with Gasteiger partial charge in [0.15, 0.2) is 5.82 Å². The van der Waals surface area contributed by atoms with Crippen molar-refractivity contribution >= 4 is 5.91 Å². The summed E-state index contributed by atoms with van der Waals surface area (Å²) in [5.41, 5.74) is 1.07. The Hall–Kier alpha value is -2.48. The van der Waals surface area contributed by atoms with Crippen LogP contribution in [0.4, 0.5) is 0 Å². The Morgan fingerprint density at radius 3 is 2.90 bits per heavy atom. The molecule has 0 radical (unpaired) electrons. The van der Waals surface area contributed by atoms with Crippen molar-refractivity contribution in [2.45, 2.75) is 52.2 Å². The number of ether oxygens (including phenoxy) is 1. The number of fused-ring (bicyclic) bond motifs is 1. The summed E-state index contributed by atoms with van der Waals surface area (Å²) < 4.78 is 7.61. The summed E-state index contributed by atoms with van der Waals surface area (Å²) in [6.07, 6.45) is 3.69. The monoisotopic (exact) mass is 398 g/mol. The zero-order valence-electron chi connectivity index (χ0n) is 17.2. The number of tetrazole rings is 1. The zero-order valence-corrected chi connectivity index (χ0v) is 17.2. The summed E-state index contributed by atoms with van der Waals surface area (Å²) in [5.74, 6) is 2.74. The van der Waals surface area contributed by atoms with E-state index in [4.69, 9.17) is 4.74 Å². The first-order valence-electron chi connectivity index (χ1n) is 10.6. The number of likely N-dealkylation sites (tertiary alicyclic amines) is 1. The summed E-state index contributed by atoms with van der Waals surface area (Å²) >= 11 is 0. The smallest absolute Gasteiger partial charge is 0.223 e. The third-order valence-electron chi connectivity index (χ3n) is 5.91. The minimum atomic E-state index is 0.157. The third kappa shape index (κ3) is 5.12. The molecule has 0 unspecified atom stereocenters. The zero-order chi connectivity index (χ0) is 20.1. The van der Waals surface area contributed by atoms with Gasteiger partial charge in [-0.2, -0.15) is 0 Å². The molecule has 2 aliphatic rings. The third-order valence-corrected chi connectivity index (χ3v) is 5.91. The maximum atomic E-state index is 12.7. The molecule has 2 aliphatic heterocycles. The molecule has 8 heteroatoms. The molecule has 4 rings (SSSR count). The number of aryl methyl sites for hydroxylation is 1. The van der Waals surface area contributed by atoms with Crippen molar-refractivity contribution in [1.82, 2.24) is 30.0 Å². The van der Waals surface area contributed by atoms with E-state index < -0.39 is 0 Å². The fourth-order valence-corrected chi connectivity index (χ4v) is 4.01. The van der Waals surface area contributed by atoms with Crippen LogP contribution >= 0.6 is 0 Å². The van der Waals surface area contributed by atoms with E-state index in [9.17, 15) is 4.79 Å². The summed E-state index contributed by atoms with van der Waals surface area (Å²) in [7, 11) is 0. The Bertz CT molecular complexity index is 815. The van der Waals surface area contributed by atoms with E-state index in [1.165, 1.54) is 12.8 Å². The van der Waals surface area contributed by atoms with Crippen LogP contribution < -0.4 is 4.74 Å². The van der Waals surface area contributed by atoms with Gasteiger partial charge < -0.3 is 9.64 Å². The molecule has 0 spiro atoms. The average Bonchev–Trinajstić information content (AvgIpc) is 3.04. The molecular formula is C21H30N6O2. The molecule has 3 heterocycles. The topological polar surface area (TPSA) is 76.4 Å². The normalized spacial score (nSPS) is 18.2. The van der Waals surface area contributed by atoms with Crippen molar-refractivity contribution in [2.75, 3.05) is 26.2 Å². The molecule has 0 saturated carbocycles. The minimum Gasteiger partial charge on any atom is -0.491 e. The summed E-state index contributed by atoms with van der Waals surface area (Å²) in [6, 6.07) is 7.93. The van der Waals surface area contributed by atoms with E-state index in [2.05, 4.69) is 27.3 Å². The number of para-hydroxylation sites is 1. The first kappa shape index (κ1) is 19.8. The SMILES string of the molecule is CC1CCN(Cc2nnnn2CCCC(=O)N2CCOc3ccccc3C2)CC1. The van der Waals surface area contributed by atoms with Crippen molar-refractivity contribution in [2.24, 2.45) is 5.92 Å². The van der Waals surface area contributed by atoms with Gasteiger partial charge in [0.2, 0.25) is 5.91 Å². The van der Waals surface area contributed by atoms with Gasteiger partial charge in [-0.05, 0) is 54.8 Å². The molecule has 1 amide bonds. The van der Waals surface area contributed by atoms with Crippen LogP contribution in [0.2, 0.25) is 0 Å². The van der Waals surface area contributed by atoms with Crippen molar-refractivity contribution < 1.29 is 9.53 Å². The fraction of sp³-hybridized carbons (Fsp3) is 0.619. The summed E-state index contributed by atoms with van der Waals surface area (Å²) in [6.45, 7) is 7.74. The quantitative estimate of drug-likeness (QED) is 0.742. The van der Waals surface area contributed by atoms with Gasteiger partial charge >= 0.3 is 0 Å². The largest absolute Gasteiger partial charge is 0.491 e. The molecule has 29 heavy (non-hydrogen) atoms. The van der Waals surface area contributed by atoms with Crippen LogP contribution in [0.25, 0.3) is 0 Å². The highest BCUT2D eigenvalue weighted by Crippen LogP contribution is 2.23. The molecule has 1 saturated heterocycles. The van der Waals surface area contributed by atoms with Gasteiger partial charge in [-0.3, -0.25) is 9.69 Å². The van der Waals surface area contributed by atoms with E-state index in [1.54, 1.807) is 0 Å². The van der Waals surface area contributed by atoms with Gasteiger partial charge in [0, 0.05) is 25.1 Å². The number of hydrogen-bond acceptors (Lipinski definition) is 6. The van der Waals surface area contributed by atoms with Crippen molar-refractivity contribution in [3.05, 3.63) is 35.7 Å². The highest BCUT2D eigenvalue weighted by atomic mass is 16.5. The lowest BCUT2D eigenvalue weighted by Gasteiger charge is -2.29. The maximum Gasteiger partial charge on any atom is 0.223 e. The molecule has 156 valence electrons. The van der Waals surface area contributed by atoms with Crippen molar-refractivity contribution in [3.63, 3.8) is 0 Å². The minimum absolute atomic E-state index is 0.157. The van der Waals surface area contributed by atoms with Gasteiger partial charge in [0.25, 0.3) is 0 Å². The van der Waals surface area contributed by atoms with E-state index in [-0.39, 0.29) is 5.91 Å². The van der Waals surface area contributed by atoms with Gasteiger partial charge in [-0.25, -0.2) is 4.68 Å². The van der Waals surface area contributed by atoms with Crippen LogP contribution in [0.3, 0.4) is 0 Å². The number of carbonyl (C=O) groups excluding carboxylic acids is 1. The number of hydrogen-bond donors (Lipinski definition) is 0. The van der Waals surface area contributed by atoms with Crippen LogP contribution in [0.5, 0.6) is 5.75 Å². The molecule has 0 aliphatic carbocycles. The molecule has 2 aromatic rings. The Morgan fingerprint density at radius 2 is 2.03 bits per heavy atom. The number of nitrogens with zero attached hydrogens (tertiary/aromatic N) is 6.